The van der Waals surface area contributed by atoms with Crippen molar-refractivity contribution in [1.82, 2.24) is 0 Å². The molecule has 0 rings (SSSR count). The average Bonchev–Trinajstić information content (AvgIpc) is 1.87. The van der Waals surface area contributed by atoms with E-state index < -0.39 is 5.97 Å². The highest BCUT2D eigenvalue weighted by Crippen LogP contribution is 1.94. The number of carboxylic acids is 1. The van der Waals surface area contributed by atoms with E-state index in [1.54, 1.807) is 6.08 Å². The van der Waals surface area contributed by atoms with Gasteiger partial charge in [-0.2, -0.15) is 5.26 Å². The van der Waals surface area contributed by atoms with Crippen LogP contribution in [-0.2, 0) is 4.79 Å². The summed E-state index contributed by atoms with van der Waals surface area (Å²) in [4.78, 5) is 9.88. The zero-order valence-corrected chi connectivity index (χ0v) is 5.58. The molecule has 0 radical (unpaired) electrons. The summed E-state index contributed by atoms with van der Waals surface area (Å²) in [5.74, 6) is -0.933. The lowest BCUT2D eigenvalue weighted by Gasteiger charge is -1.83. The van der Waals surface area contributed by atoms with E-state index >= 15 is 0 Å². The summed E-state index contributed by atoms with van der Waals surface area (Å²) in [7, 11) is 0. The fraction of sp³-hybridized carbons (Fsp3) is 0.429. The number of hydrogen-bond acceptors (Lipinski definition) is 2. The highest BCUT2D eigenvalue weighted by atomic mass is 16.4. The third-order valence-electron chi connectivity index (χ3n) is 0.920. The number of nitrogens with zero attached hydrogens (tertiary/aromatic N) is 1. The van der Waals surface area contributed by atoms with Crippen LogP contribution in [0.15, 0.2) is 12.2 Å². The predicted molar refractivity (Wildman–Crippen MR) is 36.2 cm³/mol. The normalized spacial score (nSPS) is 9.50. The lowest BCUT2D eigenvalue weighted by atomic mass is 10.2. The maximum atomic E-state index is 9.88. The van der Waals surface area contributed by atoms with Gasteiger partial charge >= 0.3 is 5.97 Å². The summed E-state index contributed by atoms with van der Waals surface area (Å²) >= 11 is 0. The molecule has 54 valence electrons. The maximum Gasteiger partial charge on any atom is 0.327 e. The predicted octanol–water partition coefficient (Wildman–Crippen LogP) is 1.32. The van der Waals surface area contributed by atoms with Crippen molar-refractivity contribution in [3.8, 4) is 6.07 Å². The molecule has 0 aliphatic heterocycles. The third kappa shape index (κ3) is 6.70. The number of aliphatic carboxylic acids is 1. The molecule has 0 saturated heterocycles. The first-order chi connectivity index (χ1) is 4.77. The number of nitriles is 1. The van der Waals surface area contributed by atoms with Gasteiger partial charge in [0, 0.05) is 12.5 Å². The second-order valence-electron chi connectivity index (χ2n) is 1.79. The first-order valence-electron chi connectivity index (χ1n) is 3.04. The van der Waals surface area contributed by atoms with Gasteiger partial charge in [0.15, 0.2) is 0 Å². The van der Waals surface area contributed by atoms with Gasteiger partial charge in [-0.1, -0.05) is 6.08 Å². The molecule has 3 nitrogen and oxygen atoms in total. The average molecular weight is 139 g/mol. The van der Waals surface area contributed by atoms with E-state index in [0.29, 0.717) is 12.8 Å². The Morgan fingerprint density at radius 1 is 1.70 bits per heavy atom. The molecule has 0 spiro atoms. The minimum Gasteiger partial charge on any atom is -0.478 e. The number of rotatable bonds is 4. The van der Waals surface area contributed by atoms with Crippen molar-refractivity contribution in [2.75, 3.05) is 0 Å². The van der Waals surface area contributed by atoms with Gasteiger partial charge in [-0.25, -0.2) is 4.79 Å². The van der Waals surface area contributed by atoms with Gasteiger partial charge in [0.25, 0.3) is 0 Å². The Kier molecular flexibility index (Phi) is 5.07. The lowest BCUT2D eigenvalue weighted by Crippen LogP contribution is -1.85. The van der Waals surface area contributed by atoms with Crippen LogP contribution in [0.4, 0.5) is 0 Å². The van der Waals surface area contributed by atoms with Crippen LogP contribution in [0.25, 0.3) is 0 Å². The first-order valence-corrected chi connectivity index (χ1v) is 3.04. The molecular formula is C7H9NO2. The number of carboxylic acid groups (broad SMARTS) is 1. The summed E-state index contributed by atoms with van der Waals surface area (Å²) in [6.45, 7) is 0. The Morgan fingerprint density at radius 2 is 2.40 bits per heavy atom. The van der Waals surface area contributed by atoms with Crippen molar-refractivity contribution in [1.29, 1.82) is 5.26 Å². The molecule has 0 unspecified atom stereocenters. The van der Waals surface area contributed by atoms with Gasteiger partial charge in [0.1, 0.15) is 0 Å². The fourth-order valence-electron chi connectivity index (χ4n) is 0.483. The van der Waals surface area contributed by atoms with Crippen molar-refractivity contribution < 1.29 is 9.90 Å². The molecule has 0 amide bonds. The van der Waals surface area contributed by atoms with Crippen LogP contribution in [0.3, 0.4) is 0 Å². The van der Waals surface area contributed by atoms with Crippen LogP contribution in [0, 0.1) is 11.3 Å². The van der Waals surface area contributed by atoms with Crippen molar-refractivity contribution in [2.45, 2.75) is 19.3 Å². The first kappa shape index (κ1) is 8.70. The topological polar surface area (TPSA) is 61.1 Å². The second kappa shape index (κ2) is 5.83. The minimum atomic E-state index is -0.933. The van der Waals surface area contributed by atoms with Crippen LogP contribution in [0.1, 0.15) is 19.3 Å². The molecule has 0 aliphatic rings. The van der Waals surface area contributed by atoms with Crippen LogP contribution >= 0.6 is 0 Å². The van der Waals surface area contributed by atoms with Gasteiger partial charge in [-0.15, -0.1) is 0 Å². The molecule has 0 saturated carbocycles. The fourth-order valence-corrected chi connectivity index (χ4v) is 0.483. The van der Waals surface area contributed by atoms with E-state index in [4.69, 9.17) is 10.4 Å². The zero-order valence-electron chi connectivity index (χ0n) is 5.58. The summed E-state index contributed by atoms with van der Waals surface area (Å²) in [6.07, 6.45) is 4.54. The molecule has 0 atom stereocenters. The largest absolute Gasteiger partial charge is 0.478 e. The van der Waals surface area contributed by atoms with Gasteiger partial charge in [0.05, 0.1) is 6.07 Å². The molecule has 1 N–H and O–H groups in total. The van der Waals surface area contributed by atoms with Crippen molar-refractivity contribution in [2.24, 2.45) is 0 Å². The molecular weight excluding hydrogens is 130 g/mol. The van der Waals surface area contributed by atoms with Crippen LogP contribution in [-0.4, -0.2) is 11.1 Å². The van der Waals surface area contributed by atoms with Gasteiger partial charge in [-0.05, 0) is 12.8 Å². The van der Waals surface area contributed by atoms with Crippen molar-refractivity contribution in [3.05, 3.63) is 12.2 Å². The summed E-state index contributed by atoms with van der Waals surface area (Å²) in [5.41, 5.74) is 0. The summed E-state index contributed by atoms with van der Waals surface area (Å²) < 4.78 is 0. The Morgan fingerprint density at radius 3 is 2.90 bits per heavy atom. The van der Waals surface area contributed by atoms with E-state index in [0.717, 1.165) is 12.5 Å². The Bertz CT molecular complexity index is 167. The highest BCUT2D eigenvalue weighted by molar-refractivity contribution is 5.79. The lowest BCUT2D eigenvalue weighted by molar-refractivity contribution is -0.131. The summed E-state index contributed by atoms with van der Waals surface area (Å²) in [5, 5.41) is 16.2. The molecule has 0 bridgehead atoms. The number of unbranched alkanes of at least 4 members (excludes halogenated alkanes) is 2. The minimum absolute atomic E-state index is 0.490. The molecule has 0 aromatic rings. The molecule has 10 heavy (non-hydrogen) atoms. The van der Waals surface area contributed by atoms with Gasteiger partial charge < -0.3 is 5.11 Å². The van der Waals surface area contributed by atoms with E-state index in [-0.39, 0.29) is 0 Å². The molecule has 0 heterocycles. The SMILES string of the molecule is N#CCCC/C=C/C(=O)O. The van der Waals surface area contributed by atoms with Crippen LogP contribution < -0.4 is 0 Å². The molecule has 0 aliphatic carbocycles. The van der Waals surface area contributed by atoms with Crippen molar-refractivity contribution in [3.63, 3.8) is 0 Å². The highest BCUT2D eigenvalue weighted by Gasteiger charge is 1.84. The van der Waals surface area contributed by atoms with Crippen LogP contribution in [0.5, 0.6) is 0 Å². The standard InChI is InChI=1S/C7H9NO2/c8-6-4-2-1-3-5-7(9)10/h3,5H,1-2,4H2,(H,9,10)/b5-3+. The van der Waals surface area contributed by atoms with Gasteiger partial charge in [0.2, 0.25) is 0 Å². The van der Waals surface area contributed by atoms with Crippen molar-refractivity contribution >= 4 is 5.97 Å². The van der Waals surface area contributed by atoms with Crippen LogP contribution in [0.2, 0.25) is 0 Å². The zero-order chi connectivity index (χ0) is 7.82. The Balaban J connectivity index is 3.20. The monoisotopic (exact) mass is 139 g/mol. The quantitative estimate of drug-likeness (QED) is 0.472. The number of hydrogen-bond donors (Lipinski definition) is 1. The summed E-state index contributed by atoms with van der Waals surface area (Å²) in [6, 6.07) is 1.97. The number of allylic oxidation sites excluding steroid dienone is 1. The Hall–Kier alpha value is -1.30. The third-order valence-corrected chi connectivity index (χ3v) is 0.920. The van der Waals surface area contributed by atoms with E-state index in [1.165, 1.54) is 0 Å². The second-order valence-corrected chi connectivity index (χ2v) is 1.79. The van der Waals surface area contributed by atoms with E-state index in [2.05, 4.69) is 0 Å². The molecule has 3 heteroatoms. The van der Waals surface area contributed by atoms with Gasteiger partial charge in [-0.3, -0.25) is 0 Å². The number of carbonyl (C=O) groups is 1. The smallest absolute Gasteiger partial charge is 0.327 e. The maximum absolute atomic E-state index is 9.88. The molecule has 0 aromatic carbocycles. The molecule has 0 aromatic heterocycles. The van der Waals surface area contributed by atoms with E-state index in [9.17, 15) is 4.79 Å². The molecule has 0 fully saturated rings. The van der Waals surface area contributed by atoms with E-state index in [1.807, 2.05) is 6.07 Å². The Labute approximate surface area is 59.6 Å².